The van der Waals surface area contributed by atoms with Crippen LogP contribution < -0.4 is 5.73 Å². The van der Waals surface area contributed by atoms with E-state index in [-0.39, 0.29) is 5.91 Å². The fourth-order valence-electron chi connectivity index (χ4n) is 1.53. The molecule has 1 aliphatic rings. The van der Waals surface area contributed by atoms with Gasteiger partial charge in [-0.3, -0.25) is 4.79 Å². The molecule has 2 rings (SSSR count). The van der Waals surface area contributed by atoms with E-state index in [0.717, 1.165) is 17.9 Å². The second kappa shape index (κ2) is 7.10. The molecule has 0 spiro atoms. The van der Waals surface area contributed by atoms with Gasteiger partial charge in [-0.05, 0) is 25.0 Å². The van der Waals surface area contributed by atoms with Gasteiger partial charge in [-0.1, -0.05) is 18.2 Å². The van der Waals surface area contributed by atoms with Gasteiger partial charge in [0, 0.05) is 18.7 Å². The van der Waals surface area contributed by atoms with E-state index in [4.69, 9.17) is 5.73 Å². The van der Waals surface area contributed by atoms with Crippen molar-refractivity contribution in [3.8, 4) is 0 Å². The molecular formula is C12H15F3N2O2. The average molecular weight is 276 g/mol. The van der Waals surface area contributed by atoms with E-state index in [9.17, 15) is 18.0 Å². The minimum Gasteiger partial charge on any atom is -0.366 e. The summed E-state index contributed by atoms with van der Waals surface area (Å²) < 4.78 is 34.3. The molecule has 4 nitrogen and oxygen atoms in total. The molecule has 19 heavy (non-hydrogen) atoms. The fraction of sp³-hybridized carbons (Fsp3) is 0.417. The van der Waals surface area contributed by atoms with E-state index in [1.54, 1.807) is 24.3 Å². The zero-order chi connectivity index (χ0) is 14.3. The lowest BCUT2D eigenvalue weighted by Crippen LogP contribution is -2.28. The molecule has 1 heterocycles. The normalized spacial score (nSPS) is 15.7. The number of hydrogen-bond donors (Lipinski definition) is 1. The molecule has 0 bridgehead atoms. The largest absolute Gasteiger partial charge is 0.539 e. The number of primary amides is 1. The fourth-order valence-corrected chi connectivity index (χ4v) is 1.53. The molecule has 7 heteroatoms. The van der Waals surface area contributed by atoms with Gasteiger partial charge in [-0.2, -0.15) is 5.06 Å². The number of carbonyl (C=O) groups is 1. The van der Waals surface area contributed by atoms with Crippen LogP contribution in [0, 0.1) is 0 Å². The Kier molecular flexibility index (Phi) is 5.78. The van der Waals surface area contributed by atoms with Crippen LogP contribution in [0.4, 0.5) is 13.2 Å². The Morgan fingerprint density at radius 3 is 2.05 bits per heavy atom. The topological polar surface area (TPSA) is 55.6 Å². The molecule has 1 aliphatic heterocycles. The minimum absolute atomic E-state index is 0.379. The van der Waals surface area contributed by atoms with E-state index in [1.165, 1.54) is 0 Å². The number of nitrogens with zero attached hydrogens (tertiary/aromatic N) is 1. The summed E-state index contributed by atoms with van der Waals surface area (Å²) in [4.78, 5) is 14.1. The van der Waals surface area contributed by atoms with Crippen LogP contribution in [0.15, 0.2) is 30.3 Å². The first kappa shape index (κ1) is 15.5. The standard InChI is InChI=1S/C7H7NO.C5H8F3NO/c8-7(9)6-4-2-1-3-5-6;6-5(7,8)10-9-3-1-2-4-9/h1-5H,(H2,8,9);1-4H2. The number of halogens is 3. The van der Waals surface area contributed by atoms with Crippen molar-refractivity contribution in [1.82, 2.24) is 5.06 Å². The molecule has 0 radical (unpaired) electrons. The molecule has 1 saturated heterocycles. The molecule has 2 N–H and O–H groups in total. The van der Waals surface area contributed by atoms with Gasteiger partial charge in [-0.15, -0.1) is 13.2 Å². The van der Waals surface area contributed by atoms with Gasteiger partial charge in [-0.25, -0.2) is 4.84 Å². The van der Waals surface area contributed by atoms with E-state index >= 15 is 0 Å². The zero-order valence-corrected chi connectivity index (χ0v) is 10.2. The van der Waals surface area contributed by atoms with Crippen LogP contribution in [0.25, 0.3) is 0 Å². The summed E-state index contributed by atoms with van der Waals surface area (Å²) in [5, 5.41) is 0.944. The van der Waals surface area contributed by atoms with Gasteiger partial charge in [0.05, 0.1) is 0 Å². The smallest absolute Gasteiger partial charge is 0.366 e. The minimum atomic E-state index is -4.51. The highest BCUT2D eigenvalue weighted by molar-refractivity contribution is 5.92. The maximum atomic E-state index is 11.4. The SMILES string of the molecule is FC(F)(F)ON1CCCC1.NC(=O)c1ccccc1. The van der Waals surface area contributed by atoms with E-state index in [2.05, 4.69) is 4.84 Å². The quantitative estimate of drug-likeness (QED) is 0.902. The lowest BCUT2D eigenvalue weighted by atomic mass is 10.2. The number of carbonyl (C=O) groups excluding carboxylic acids is 1. The molecule has 1 amide bonds. The van der Waals surface area contributed by atoms with Crippen molar-refractivity contribution in [2.24, 2.45) is 5.73 Å². The van der Waals surface area contributed by atoms with Gasteiger partial charge in [0.15, 0.2) is 0 Å². The van der Waals surface area contributed by atoms with Crippen LogP contribution in [0.1, 0.15) is 23.2 Å². The molecule has 0 saturated carbocycles. The predicted octanol–water partition coefficient (Wildman–Crippen LogP) is 2.32. The lowest BCUT2D eigenvalue weighted by molar-refractivity contribution is -0.410. The molecule has 1 aromatic rings. The summed E-state index contributed by atoms with van der Waals surface area (Å²) >= 11 is 0. The summed E-state index contributed by atoms with van der Waals surface area (Å²) in [6, 6.07) is 8.76. The third-order valence-electron chi connectivity index (χ3n) is 2.36. The number of alkyl halides is 3. The number of amides is 1. The first-order valence-electron chi connectivity index (χ1n) is 5.74. The Morgan fingerprint density at radius 1 is 1.16 bits per heavy atom. The molecule has 0 aromatic heterocycles. The van der Waals surface area contributed by atoms with E-state index in [0.29, 0.717) is 18.7 Å². The molecule has 1 aromatic carbocycles. The van der Waals surface area contributed by atoms with Crippen molar-refractivity contribution >= 4 is 5.91 Å². The van der Waals surface area contributed by atoms with Gasteiger partial charge < -0.3 is 5.73 Å². The van der Waals surface area contributed by atoms with Gasteiger partial charge in [0.1, 0.15) is 0 Å². The predicted molar refractivity (Wildman–Crippen MR) is 62.9 cm³/mol. The number of hydrogen-bond acceptors (Lipinski definition) is 3. The molecule has 1 fully saturated rings. The van der Waals surface area contributed by atoms with E-state index in [1.807, 2.05) is 6.07 Å². The highest BCUT2D eigenvalue weighted by Crippen LogP contribution is 2.21. The highest BCUT2D eigenvalue weighted by atomic mass is 19.4. The zero-order valence-electron chi connectivity index (χ0n) is 10.2. The Morgan fingerprint density at radius 2 is 1.68 bits per heavy atom. The number of nitrogens with two attached hydrogens (primary N) is 1. The Hall–Kier alpha value is -1.60. The maximum absolute atomic E-state index is 11.4. The molecular weight excluding hydrogens is 261 g/mol. The molecule has 106 valence electrons. The third-order valence-corrected chi connectivity index (χ3v) is 2.36. The van der Waals surface area contributed by atoms with Crippen LogP contribution >= 0.6 is 0 Å². The Bertz CT molecular complexity index is 390. The van der Waals surface area contributed by atoms with Crippen LogP contribution in [0.3, 0.4) is 0 Å². The second-order valence-electron chi connectivity index (χ2n) is 3.90. The second-order valence-corrected chi connectivity index (χ2v) is 3.90. The van der Waals surface area contributed by atoms with Crippen molar-refractivity contribution in [3.05, 3.63) is 35.9 Å². The summed E-state index contributed by atoms with van der Waals surface area (Å²) in [6.45, 7) is 0.777. The maximum Gasteiger partial charge on any atom is 0.539 e. The van der Waals surface area contributed by atoms with Crippen molar-refractivity contribution < 1.29 is 22.8 Å². The van der Waals surface area contributed by atoms with Gasteiger partial charge in [0.2, 0.25) is 5.91 Å². The van der Waals surface area contributed by atoms with Crippen LogP contribution in [0.5, 0.6) is 0 Å². The molecule has 0 atom stereocenters. The van der Waals surface area contributed by atoms with Crippen LogP contribution in [-0.4, -0.2) is 30.4 Å². The highest BCUT2D eigenvalue weighted by Gasteiger charge is 2.34. The third kappa shape index (κ3) is 6.78. The van der Waals surface area contributed by atoms with Gasteiger partial charge >= 0.3 is 6.36 Å². The summed E-state index contributed by atoms with van der Waals surface area (Å²) in [5.74, 6) is -0.379. The van der Waals surface area contributed by atoms with Crippen molar-refractivity contribution in [1.29, 1.82) is 0 Å². The van der Waals surface area contributed by atoms with Crippen LogP contribution in [0.2, 0.25) is 0 Å². The first-order valence-corrected chi connectivity index (χ1v) is 5.74. The number of hydroxylamine groups is 2. The van der Waals surface area contributed by atoms with Crippen molar-refractivity contribution in [2.45, 2.75) is 19.2 Å². The first-order chi connectivity index (χ1) is 8.88. The lowest BCUT2D eigenvalue weighted by Gasteiger charge is -2.15. The van der Waals surface area contributed by atoms with Crippen molar-refractivity contribution in [2.75, 3.05) is 13.1 Å². The Balaban J connectivity index is 0.000000191. The summed E-state index contributed by atoms with van der Waals surface area (Å²) in [6.07, 6.45) is -2.93. The van der Waals surface area contributed by atoms with Gasteiger partial charge in [0.25, 0.3) is 0 Å². The number of benzene rings is 1. The number of rotatable bonds is 2. The van der Waals surface area contributed by atoms with Crippen molar-refractivity contribution in [3.63, 3.8) is 0 Å². The molecule has 0 unspecified atom stereocenters. The molecule has 0 aliphatic carbocycles. The van der Waals surface area contributed by atoms with Crippen LogP contribution in [-0.2, 0) is 4.84 Å². The summed E-state index contributed by atoms with van der Waals surface area (Å²) in [5.41, 5.74) is 5.53. The Labute approximate surface area is 108 Å². The van der Waals surface area contributed by atoms with E-state index < -0.39 is 6.36 Å². The summed E-state index contributed by atoms with van der Waals surface area (Å²) in [7, 11) is 0. The monoisotopic (exact) mass is 276 g/mol. The average Bonchev–Trinajstić information content (AvgIpc) is 2.81.